The molecule has 2 aliphatic rings. The highest BCUT2D eigenvalue weighted by atomic mass is 16.2. The molecule has 132 valence electrons. The second kappa shape index (κ2) is 6.92. The Kier molecular flexibility index (Phi) is 4.48. The van der Waals surface area contributed by atoms with Crippen LogP contribution in [0.25, 0.3) is 0 Å². The van der Waals surface area contributed by atoms with E-state index in [0.29, 0.717) is 18.1 Å². The van der Waals surface area contributed by atoms with Crippen molar-refractivity contribution in [3.63, 3.8) is 0 Å². The Morgan fingerprint density at radius 3 is 2.56 bits per heavy atom. The van der Waals surface area contributed by atoms with Gasteiger partial charge in [-0.2, -0.15) is 0 Å². The number of carbonyl (C=O) groups is 1. The van der Waals surface area contributed by atoms with Crippen LogP contribution in [0.2, 0.25) is 0 Å². The van der Waals surface area contributed by atoms with Crippen LogP contribution in [0.15, 0.2) is 36.7 Å². The van der Waals surface area contributed by atoms with E-state index in [9.17, 15) is 4.79 Å². The second-order valence-electron chi connectivity index (χ2n) is 7.18. The maximum absolute atomic E-state index is 12.5. The van der Waals surface area contributed by atoms with E-state index in [4.69, 9.17) is 0 Å². The first-order valence-corrected chi connectivity index (χ1v) is 8.97. The van der Waals surface area contributed by atoms with Crippen LogP contribution in [-0.2, 0) is 17.9 Å². The highest BCUT2D eigenvalue weighted by molar-refractivity contribution is 5.75. The van der Waals surface area contributed by atoms with E-state index in [0.717, 1.165) is 19.4 Å². The normalized spacial score (nSPS) is 25.9. The minimum absolute atomic E-state index is 0.0770. The third-order valence-electron chi connectivity index (χ3n) is 5.70. The quantitative estimate of drug-likeness (QED) is 0.821. The van der Waals surface area contributed by atoms with Crippen molar-refractivity contribution in [2.45, 2.75) is 56.9 Å². The van der Waals surface area contributed by atoms with Gasteiger partial charge in [0.15, 0.2) is 0 Å². The van der Waals surface area contributed by atoms with Gasteiger partial charge in [0.1, 0.15) is 12.9 Å². The fourth-order valence-electron chi connectivity index (χ4n) is 4.32. The zero-order valence-corrected chi connectivity index (χ0v) is 14.5. The molecule has 1 aromatic carbocycles. The van der Waals surface area contributed by atoms with Crippen molar-refractivity contribution in [1.82, 2.24) is 30.0 Å². The lowest BCUT2D eigenvalue weighted by molar-refractivity contribution is -0.134. The molecular formula is C18H24N6O. The first-order chi connectivity index (χ1) is 12.2. The van der Waals surface area contributed by atoms with Gasteiger partial charge < -0.3 is 4.90 Å². The summed E-state index contributed by atoms with van der Waals surface area (Å²) < 4.78 is 1.48. The van der Waals surface area contributed by atoms with E-state index in [2.05, 4.69) is 50.8 Å². The number of carbonyl (C=O) groups excluding carboxylic acids is 1. The largest absolute Gasteiger partial charge is 0.341 e. The molecule has 2 saturated heterocycles. The molecular weight excluding hydrogens is 316 g/mol. The number of nitrogens with zero attached hydrogens (tertiary/aromatic N) is 6. The molecule has 0 aliphatic carbocycles. The molecule has 1 amide bonds. The van der Waals surface area contributed by atoms with Crippen molar-refractivity contribution in [2.75, 3.05) is 7.05 Å². The lowest BCUT2D eigenvalue weighted by Crippen LogP contribution is -2.51. The average molecular weight is 340 g/mol. The van der Waals surface area contributed by atoms with Gasteiger partial charge in [-0.25, -0.2) is 4.68 Å². The maximum atomic E-state index is 12.5. The summed E-state index contributed by atoms with van der Waals surface area (Å²) in [4.78, 5) is 17.1. The monoisotopic (exact) mass is 340 g/mol. The lowest BCUT2D eigenvalue weighted by atomic mass is 9.95. The van der Waals surface area contributed by atoms with Crippen molar-refractivity contribution in [3.05, 3.63) is 42.2 Å². The van der Waals surface area contributed by atoms with Crippen LogP contribution in [0.3, 0.4) is 0 Å². The van der Waals surface area contributed by atoms with Gasteiger partial charge in [0.2, 0.25) is 5.91 Å². The summed E-state index contributed by atoms with van der Waals surface area (Å²) in [6.07, 6.45) is 6.08. The summed E-state index contributed by atoms with van der Waals surface area (Å²) >= 11 is 0. The fraction of sp³-hybridized carbons (Fsp3) is 0.556. The van der Waals surface area contributed by atoms with E-state index in [-0.39, 0.29) is 12.5 Å². The summed E-state index contributed by atoms with van der Waals surface area (Å²) in [6, 6.07) is 12.1. The molecule has 0 saturated carbocycles. The lowest BCUT2D eigenvalue weighted by Gasteiger charge is -2.42. The smallest absolute Gasteiger partial charge is 0.244 e. The van der Waals surface area contributed by atoms with Gasteiger partial charge in [0.25, 0.3) is 0 Å². The zero-order valence-electron chi connectivity index (χ0n) is 14.5. The predicted octanol–water partition coefficient (Wildman–Crippen LogP) is 1.33. The van der Waals surface area contributed by atoms with Crippen molar-refractivity contribution in [3.8, 4) is 0 Å². The van der Waals surface area contributed by atoms with Gasteiger partial charge in [-0.05, 0) is 41.7 Å². The third kappa shape index (κ3) is 3.42. The van der Waals surface area contributed by atoms with Crippen molar-refractivity contribution >= 4 is 5.91 Å². The number of aromatic nitrogens is 4. The van der Waals surface area contributed by atoms with Crippen LogP contribution in [-0.4, -0.2) is 61.1 Å². The Bertz CT molecular complexity index is 690. The highest BCUT2D eigenvalue weighted by Gasteiger charge is 2.42. The topological polar surface area (TPSA) is 67.2 Å². The molecule has 1 aromatic heterocycles. The minimum atomic E-state index is 0.0770. The summed E-state index contributed by atoms with van der Waals surface area (Å²) in [7, 11) is 1.92. The predicted molar refractivity (Wildman–Crippen MR) is 92.4 cm³/mol. The van der Waals surface area contributed by atoms with Crippen LogP contribution in [0.5, 0.6) is 0 Å². The van der Waals surface area contributed by atoms with Gasteiger partial charge in [-0.1, -0.05) is 30.3 Å². The zero-order chi connectivity index (χ0) is 17.2. The van der Waals surface area contributed by atoms with Gasteiger partial charge in [0, 0.05) is 31.7 Å². The average Bonchev–Trinajstić information content (AvgIpc) is 3.20. The minimum Gasteiger partial charge on any atom is -0.341 e. The second-order valence-corrected chi connectivity index (χ2v) is 7.18. The number of piperidine rings is 1. The van der Waals surface area contributed by atoms with Crippen molar-refractivity contribution < 1.29 is 4.79 Å². The Hall–Kier alpha value is -2.28. The van der Waals surface area contributed by atoms with E-state index in [1.54, 1.807) is 0 Å². The molecule has 4 rings (SSSR count). The number of hydrogen-bond donors (Lipinski definition) is 0. The first-order valence-electron chi connectivity index (χ1n) is 8.97. The number of tetrazole rings is 1. The number of rotatable bonds is 5. The number of benzene rings is 1. The number of fused-ring (bicyclic) bond motifs is 2. The Morgan fingerprint density at radius 1 is 1.20 bits per heavy atom. The molecule has 3 heterocycles. The molecule has 2 aromatic rings. The van der Waals surface area contributed by atoms with E-state index >= 15 is 0 Å². The van der Waals surface area contributed by atoms with Crippen molar-refractivity contribution in [1.29, 1.82) is 0 Å². The highest BCUT2D eigenvalue weighted by Crippen LogP contribution is 2.38. The summed E-state index contributed by atoms with van der Waals surface area (Å²) in [5, 5.41) is 11.0. The van der Waals surface area contributed by atoms with E-state index in [1.807, 2.05) is 11.9 Å². The number of hydrogen-bond acceptors (Lipinski definition) is 5. The Labute approximate surface area is 147 Å². The maximum Gasteiger partial charge on any atom is 0.244 e. The van der Waals surface area contributed by atoms with Crippen LogP contribution >= 0.6 is 0 Å². The molecule has 0 radical (unpaired) electrons. The molecule has 2 atom stereocenters. The number of amides is 1. The first kappa shape index (κ1) is 16.2. The standard InChI is InChI=1S/C18H24N6O/c1-22(18(25)12-23-13-19-20-21-23)17-9-15-7-8-16(10-17)24(15)11-14-5-3-2-4-6-14/h2-6,13,15-17H,7-12H2,1H3. The molecule has 0 spiro atoms. The fourth-order valence-corrected chi connectivity index (χ4v) is 4.32. The summed E-state index contributed by atoms with van der Waals surface area (Å²) in [5.74, 6) is 0.0770. The van der Waals surface area contributed by atoms with Gasteiger partial charge >= 0.3 is 0 Å². The molecule has 25 heavy (non-hydrogen) atoms. The van der Waals surface area contributed by atoms with Crippen LogP contribution in [0.4, 0.5) is 0 Å². The molecule has 0 N–H and O–H groups in total. The van der Waals surface area contributed by atoms with Gasteiger partial charge in [0.05, 0.1) is 0 Å². The third-order valence-corrected chi connectivity index (χ3v) is 5.70. The molecule has 2 unspecified atom stereocenters. The molecule has 7 nitrogen and oxygen atoms in total. The van der Waals surface area contributed by atoms with Crippen LogP contribution in [0, 0.1) is 0 Å². The van der Waals surface area contributed by atoms with Gasteiger partial charge in [-0.15, -0.1) is 5.10 Å². The Morgan fingerprint density at radius 2 is 1.92 bits per heavy atom. The molecule has 2 aliphatic heterocycles. The van der Waals surface area contributed by atoms with Gasteiger partial charge in [-0.3, -0.25) is 9.69 Å². The number of likely N-dealkylation sites (N-methyl/N-ethyl adjacent to an activating group) is 1. The van der Waals surface area contributed by atoms with Crippen molar-refractivity contribution in [2.24, 2.45) is 0 Å². The Balaban J connectivity index is 1.38. The summed E-state index contributed by atoms with van der Waals surface area (Å²) in [5.41, 5.74) is 1.38. The van der Waals surface area contributed by atoms with Crippen LogP contribution in [0.1, 0.15) is 31.2 Å². The van der Waals surface area contributed by atoms with Crippen LogP contribution < -0.4 is 0 Å². The van der Waals surface area contributed by atoms with E-state index < -0.39 is 0 Å². The molecule has 7 heteroatoms. The summed E-state index contributed by atoms with van der Waals surface area (Å²) in [6.45, 7) is 1.23. The molecule has 2 fully saturated rings. The molecule has 2 bridgehead atoms. The van der Waals surface area contributed by atoms with E-state index in [1.165, 1.54) is 29.4 Å². The SMILES string of the molecule is CN(C(=O)Cn1cnnn1)C1CC2CCC(C1)N2Cc1ccccc1.